The standard InChI is InChI=1S/C35H38N6O6/c1-42-25-6-10-28-32(20-25)40-34(38-28)30-9-5-24(22-36-30)4-3-13-44-14-15-45-16-17-46-18-19-47-27-8-12-31(37-23-27)35-39-29-11-7-26(43-2)21-33(29)41-35/h5-12,20-23H,3-4,13-19H2,1-2H3,(H,38,40)(H,39,41). The molecule has 0 aliphatic heterocycles. The summed E-state index contributed by atoms with van der Waals surface area (Å²) in [5.74, 6) is 3.66. The molecule has 0 aliphatic carbocycles. The van der Waals surface area contributed by atoms with Gasteiger partial charge in [-0.15, -0.1) is 0 Å². The van der Waals surface area contributed by atoms with E-state index in [1.54, 1.807) is 20.4 Å². The Kier molecular flexibility index (Phi) is 10.9. The fourth-order valence-corrected chi connectivity index (χ4v) is 4.93. The molecule has 12 nitrogen and oxygen atoms in total. The zero-order valence-corrected chi connectivity index (χ0v) is 26.5. The number of hydrogen-bond donors (Lipinski definition) is 2. The minimum absolute atomic E-state index is 0.419. The molecule has 0 aliphatic rings. The van der Waals surface area contributed by atoms with Crippen LogP contribution in [0.25, 0.3) is 45.1 Å². The molecule has 244 valence electrons. The first-order valence-electron chi connectivity index (χ1n) is 15.5. The second-order valence-corrected chi connectivity index (χ2v) is 10.7. The number of ether oxygens (including phenoxy) is 6. The number of aromatic amines is 2. The van der Waals surface area contributed by atoms with Gasteiger partial charge in [-0.3, -0.25) is 4.98 Å². The maximum absolute atomic E-state index is 5.74. The van der Waals surface area contributed by atoms with E-state index in [-0.39, 0.29) is 0 Å². The number of benzene rings is 2. The van der Waals surface area contributed by atoms with E-state index < -0.39 is 0 Å². The van der Waals surface area contributed by atoms with Gasteiger partial charge in [0.2, 0.25) is 0 Å². The average molecular weight is 639 g/mol. The lowest BCUT2D eigenvalue weighted by Gasteiger charge is -2.08. The first kappa shape index (κ1) is 31.9. The monoisotopic (exact) mass is 638 g/mol. The molecule has 0 saturated heterocycles. The van der Waals surface area contributed by atoms with Crippen LogP contribution in [-0.4, -0.2) is 90.4 Å². The lowest BCUT2D eigenvalue weighted by atomic mass is 10.1. The summed E-state index contributed by atoms with van der Waals surface area (Å²) in [7, 11) is 3.29. The maximum Gasteiger partial charge on any atom is 0.157 e. The van der Waals surface area contributed by atoms with Crippen LogP contribution < -0.4 is 14.2 Å². The molecule has 0 fully saturated rings. The smallest absolute Gasteiger partial charge is 0.157 e. The summed E-state index contributed by atoms with van der Waals surface area (Å²) >= 11 is 0. The predicted octanol–water partition coefficient (Wildman–Crippen LogP) is 5.64. The number of imidazole rings is 2. The van der Waals surface area contributed by atoms with Crippen LogP contribution in [0.1, 0.15) is 12.0 Å². The van der Waals surface area contributed by atoms with Crippen molar-refractivity contribution in [2.75, 3.05) is 60.5 Å². The van der Waals surface area contributed by atoms with Gasteiger partial charge in [0.25, 0.3) is 0 Å². The van der Waals surface area contributed by atoms with Gasteiger partial charge in [0.15, 0.2) is 11.6 Å². The first-order chi connectivity index (χ1) is 23.2. The first-order valence-corrected chi connectivity index (χ1v) is 15.5. The zero-order chi connectivity index (χ0) is 32.3. The summed E-state index contributed by atoms with van der Waals surface area (Å²) in [5.41, 5.74) is 6.24. The summed E-state index contributed by atoms with van der Waals surface area (Å²) < 4.78 is 33.2. The summed E-state index contributed by atoms with van der Waals surface area (Å²) in [4.78, 5) is 24.9. The molecule has 2 aromatic carbocycles. The largest absolute Gasteiger partial charge is 0.497 e. The highest BCUT2D eigenvalue weighted by Gasteiger charge is 2.09. The molecule has 4 heterocycles. The van der Waals surface area contributed by atoms with Gasteiger partial charge in [-0.05, 0) is 60.9 Å². The van der Waals surface area contributed by atoms with E-state index in [0.717, 1.165) is 69.2 Å². The molecule has 0 atom stereocenters. The van der Waals surface area contributed by atoms with Crippen molar-refractivity contribution >= 4 is 22.1 Å². The van der Waals surface area contributed by atoms with Crippen molar-refractivity contribution in [1.82, 2.24) is 29.9 Å². The van der Waals surface area contributed by atoms with Gasteiger partial charge >= 0.3 is 0 Å². The van der Waals surface area contributed by atoms with Gasteiger partial charge in [0.05, 0.1) is 75.5 Å². The van der Waals surface area contributed by atoms with Crippen molar-refractivity contribution in [2.45, 2.75) is 12.8 Å². The number of aryl methyl sites for hydroxylation is 1. The number of pyridine rings is 2. The Hall–Kier alpha value is -5.04. The Balaban J connectivity index is 0.780. The lowest BCUT2D eigenvalue weighted by molar-refractivity contribution is 0.00902. The second kappa shape index (κ2) is 16.0. The third kappa shape index (κ3) is 8.61. The van der Waals surface area contributed by atoms with Crippen LogP contribution in [0.2, 0.25) is 0 Å². The molecule has 2 N–H and O–H groups in total. The highest BCUT2D eigenvalue weighted by molar-refractivity contribution is 5.81. The maximum atomic E-state index is 5.74. The van der Waals surface area contributed by atoms with Crippen LogP contribution in [0.5, 0.6) is 17.2 Å². The second-order valence-electron chi connectivity index (χ2n) is 10.7. The van der Waals surface area contributed by atoms with E-state index in [2.05, 4.69) is 36.0 Å². The Morgan fingerprint density at radius 1 is 0.553 bits per heavy atom. The molecule has 0 amide bonds. The molecule has 0 unspecified atom stereocenters. The van der Waals surface area contributed by atoms with E-state index in [1.165, 1.54) is 0 Å². The van der Waals surface area contributed by atoms with Crippen molar-refractivity contribution in [3.05, 3.63) is 78.6 Å². The normalized spacial score (nSPS) is 11.4. The number of rotatable bonds is 18. The van der Waals surface area contributed by atoms with Gasteiger partial charge in [-0.1, -0.05) is 6.07 Å². The minimum Gasteiger partial charge on any atom is -0.497 e. The van der Waals surface area contributed by atoms with Gasteiger partial charge in [-0.25, -0.2) is 15.0 Å². The van der Waals surface area contributed by atoms with E-state index in [1.807, 2.05) is 60.8 Å². The van der Waals surface area contributed by atoms with E-state index in [9.17, 15) is 0 Å². The average Bonchev–Trinajstić information content (AvgIpc) is 3.74. The number of nitrogens with zero attached hydrogens (tertiary/aromatic N) is 4. The zero-order valence-electron chi connectivity index (χ0n) is 26.5. The fourth-order valence-electron chi connectivity index (χ4n) is 4.93. The van der Waals surface area contributed by atoms with Gasteiger partial charge in [0, 0.05) is 24.9 Å². The third-order valence-corrected chi connectivity index (χ3v) is 7.42. The Morgan fingerprint density at radius 2 is 1.09 bits per heavy atom. The molecule has 0 bridgehead atoms. The molecular weight excluding hydrogens is 600 g/mol. The van der Waals surface area contributed by atoms with Gasteiger partial charge in [0.1, 0.15) is 35.2 Å². The highest BCUT2D eigenvalue weighted by atomic mass is 16.6. The van der Waals surface area contributed by atoms with E-state index >= 15 is 0 Å². The molecule has 4 aromatic heterocycles. The fraction of sp³-hybridized carbons (Fsp3) is 0.314. The Morgan fingerprint density at radius 3 is 1.62 bits per heavy atom. The number of H-pyrrole nitrogens is 2. The lowest BCUT2D eigenvalue weighted by Crippen LogP contribution is -2.13. The number of methoxy groups -OCH3 is 2. The van der Waals surface area contributed by atoms with Gasteiger partial charge < -0.3 is 38.4 Å². The SMILES string of the molecule is COc1ccc2nc(-c3ccc(CCCOCCOCCOCCOc4ccc(-c5nc6ccc(OC)cc6[nH]5)nc4)cn3)[nH]c2c1. The number of fused-ring (bicyclic) bond motifs is 2. The topological polar surface area (TPSA) is 139 Å². The molecule has 0 saturated carbocycles. The van der Waals surface area contributed by atoms with Crippen LogP contribution in [0.4, 0.5) is 0 Å². The summed E-state index contributed by atoms with van der Waals surface area (Å²) in [5, 5.41) is 0. The van der Waals surface area contributed by atoms with Gasteiger partial charge in [-0.2, -0.15) is 0 Å². The molecule has 47 heavy (non-hydrogen) atoms. The summed E-state index contributed by atoms with van der Waals surface area (Å²) in [6.45, 7) is 3.59. The molecule has 6 rings (SSSR count). The molecule has 6 aromatic rings. The van der Waals surface area contributed by atoms with Crippen molar-refractivity contribution in [3.8, 4) is 40.3 Å². The predicted molar refractivity (Wildman–Crippen MR) is 178 cm³/mol. The minimum atomic E-state index is 0.419. The molecule has 0 radical (unpaired) electrons. The summed E-state index contributed by atoms with van der Waals surface area (Å²) in [6, 6.07) is 19.3. The number of hydrogen-bond acceptors (Lipinski definition) is 10. The van der Waals surface area contributed by atoms with Crippen molar-refractivity contribution in [1.29, 1.82) is 0 Å². The van der Waals surface area contributed by atoms with Crippen molar-refractivity contribution in [2.24, 2.45) is 0 Å². The molecule has 0 spiro atoms. The third-order valence-electron chi connectivity index (χ3n) is 7.42. The molecular formula is C35H38N6O6. The van der Waals surface area contributed by atoms with Crippen LogP contribution in [0.15, 0.2) is 73.1 Å². The van der Waals surface area contributed by atoms with Crippen molar-refractivity contribution < 1.29 is 28.4 Å². The van der Waals surface area contributed by atoms with Crippen LogP contribution in [0, 0.1) is 0 Å². The van der Waals surface area contributed by atoms with Crippen LogP contribution >= 0.6 is 0 Å². The van der Waals surface area contributed by atoms with E-state index in [4.69, 9.17) is 28.4 Å². The van der Waals surface area contributed by atoms with Crippen LogP contribution in [0.3, 0.4) is 0 Å². The quantitative estimate of drug-likeness (QED) is 0.114. The molecule has 12 heteroatoms. The Labute approximate surface area is 272 Å². The number of aromatic nitrogens is 6. The van der Waals surface area contributed by atoms with Crippen LogP contribution in [-0.2, 0) is 20.6 Å². The Bertz CT molecular complexity index is 1720. The highest BCUT2D eigenvalue weighted by Crippen LogP contribution is 2.25. The number of nitrogens with one attached hydrogen (secondary N) is 2. The van der Waals surface area contributed by atoms with E-state index in [0.29, 0.717) is 57.8 Å². The van der Waals surface area contributed by atoms with Crippen molar-refractivity contribution in [3.63, 3.8) is 0 Å². The summed E-state index contributed by atoms with van der Waals surface area (Å²) in [6.07, 6.45) is 5.37.